The highest BCUT2D eigenvalue weighted by Crippen LogP contribution is 2.45. The zero-order chi connectivity index (χ0) is 19.7. The summed E-state index contributed by atoms with van der Waals surface area (Å²) in [5, 5.41) is 10.7. The van der Waals surface area contributed by atoms with E-state index < -0.39 is 11.9 Å². The molecule has 0 unspecified atom stereocenters. The van der Waals surface area contributed by atoms with Gasteiger partial charge >= 0.3 is 12.0 Å². The summed E-state index contributed by atoms with van der Waals surface area (Å²) >= 11 is 0. The predicted octanol–water partition coefficient (Wildman–Crippen LogP) is 3.62. The van der Waals surface area contributed by atoms with Crippen LogP contribution in [-0.2, 0) is 4.79 Å². The SMILES string of the molecule is CC(=O)c1ccc2c(c1O)[C@H](c1cccc(Oc3ncccn3)c1)CC(=O)O2. The van der Waals surface area contributed by atoms with Gasteiger partial charge in [-0.3, -0.25) is 9.59 Å². The van der Waals surface area contributed by atoms with Crippen molar-refractivity contribution in [3.63, 3.8) is 0 Å². The molecule has 0 fully saturated rings. The van der Waals surface area contributed by atoms with Crippen molar-refractivity contribution in [1.82, 2.24) is 9.97 Å². The summed E-state index contributed by atoms with van der Waals surface area (Å²) in [6, 6.07) is 12.0. The minimum absolute atomic E-state index is 0.0349. The maximum absolute atomic E-state index is 12.1. The first-order chi connectivity index (χ1) is 13.5. The van der Waals surface area contributed by atoms with E-state index in [4.69, 9.17) is 9.47 Å². The summed E-state index contributed by atoms with van der Waals surface area (Å²) in [7, 11) is 0. The number of carbonyl (C=O) groups is 2. The molecule has 28 heavy (non-hydrogen) atoms. The third-order valence-corrected chi connectivity index (χ3v) is 4.51. The lowest BCUT2D eigenvalue weighted by molar-refractivity contribution is -0.135. The van der Waals surface area contributed by atoms with Crippen LogP contribution >= 0.6 is 0 Å². The van der Waals surface area contributed by atoms with Gasteiger partial charge in [0.1, 0.15) is 17.2 Å². The van der Waals surface area contributed by atoms with Crippen LogP contribution in [0.3, 0.4) is 0 Å². The smallest absolute Gasteiger partial charge is 0.321 e. The molecule has 140 valence electrons. The van der Waals surface area contributed by atoms with Gasteiger partial charge in [-0.05, 0) is 42.8 Å². The molecule has 0 spiro atoms. The van der Waals surface area contributed by atoms with Crippen molar-refractivity contribution in [2.45, 2.75) is 19.3 Å². The van der Waals surface area contributed by atoms with Gasteiger partial charge in [-0.25, -0.2) is 9.97 Å². The topological polar surface area (TPSA) is 98.6 Å². The summed E-state index contributed by atoms with van der Waals surface area (Å²) in [4.78, 5) is 32.0. The van der Waals surface area contributed by atoms with Crippen LogP contribution < -0.4 is 9.47 Å². The molecule has 1 N–H and O–H groups in total. The fraction of sp³-hybridized carbons (Fsp3) is 0.143. The van der Waals surface area contributed by atoms with Gasteiger partial charge < -0.3 is 14.6 Å². The fourth-order valence-corrected chi connectivity index (χ4v) is 3.26. The van der Waals surface area contributed by atoms with Gasteiger partial charge in [0.2, 0.25) is 0 Å². The molecule has 3 aromatic rings. The summed E-state index contributed by atoms with van der Waals surface area (Å²) < 4.78 is 10.9. The number of rotatable bonds is 4. The van der Waals surface area contributed by atoms with Crippen molar-refractivity contribution in [2.75, 3.05) is 0 Å². The number of hydrogen-bond acceptors (Lipinski definition) is 7. The molecule has 0 radical (unpaired) electrons. The Balaban J connectivity index is 1.76. The summed E-state index contributed by atoms with van der Waals surface area (Å²) in [5.41, 5.74) is 1.34. The van der Waals surface area contributed by atoms with Crippen molar-refractivity contribution in [3.05, 3.63) is 71.5 Å². The second-order valence-corrected chi connectivity index (χ2v) is 6.37. The van der Waals surface area contributed by atoms with Crippen molar-refractivity contribution < 1.29 is 24.2 Å². The lowest BCUT2D eigenvalue weighted by atomic mass is 9.84. The quantitative estimate of drug-likeness (QED) is 0.422. The molecule has 2 aromatic carbocycles. The Morgan fingerprint density at radius 1 is 1.18 bits per heavy atom. The second kappa shape index (κ2) is 7.11. The fourth-order valence-electron chi connectivity index (χ4n) is 3.26. The van der Waals surface area contributed by atoms with Crippen molar-refractivity contribution in [3.8, 4) is 23.3 Å². The third-order valence-electron chi connectivity index (χ3n) is 4.51. The van der Waals surface area contributed by atoms with Crippen molar-refractivity contribution >= 4 is 11.8 Å². The number of phenols is 1. The van der Waals surface area contributed by atoms with Crippen LogP contribution in [0.1, 0.15) is 40.7 Å². The van der Waals surface area contributed by atoms with Gasteiger partial charge in [0.25, 0.3) is 0 Å². The molecule has 1 aliphatic heterocycles. The van der Waals surface area contributed by atoms with Gasteiger partial charge in [0, 0.05) is 23.9 Å². The molecule has 0 bridgehead atoms. The first-order valence-electron chi connectivity index (χ1n) is 8.65. The normalized spacial score (nSPS) is 15.5. The molecule has 7 heteroatoms. The number of fused-ring (bicyclic) bond motifs is 1. The number of Topliss-reactive ketones (excluding diaryl/α,β-unsaturated/α-hetero) is 1. The Labute approximate surface area is 160 Å². The van der Waals surface area contributed by atoms with E-state index in [0.717, 1.165) is 5.56 Å². The standard InChI is InChI=1S/C21H16N2O5/c1-12(24)15-6-7-17-19(20(15)26)16(11-18(25)28-17)13-4-2-5-14(10-13)27-21-22-8-3-9-23-21/h2-10,16,26H,11H2,1H3/t16-/m0/s1. The molecule has 1 aliphatic rings. The minimum atomic E-state index is -0.476. The highest BCUT2D eigenvalue weighted by Gasteiger charge is 2.33. The second-order valence-electron chi connectivity index (χ2n) is 6.37. The average Bonchev–Trinajstić information content (AvgIpc) is 2.68. The molecule has 0 aliphatic carbocycles. The Hall–Kier alpha value is -3.74. The van der Waals surface area contributed by atoms with Crippen LogP contribution in [-0.4, -0.2) is 26.8 Å². The van der Waals surface area contributed by atoms with Crippen LogP contribution in [0.15, 0.2) is 54.9 Å². The lowest BCUT2D eigenvalue weighted by Crippen LogP contribution is -2.21. The number of nitrogens with zero attached hydrogens (tertiary/aromatic N) is 2. The van der Waals surface area contributed by atoms with Gasteiger partial charge in [-0.2, -0.15) is 0 Å². The third kappa shape index (κ3) is 3.29. The maximum Gasteiger partial charge on any atom is 0.321 e. The van der Waals surface area contributed by atoms with Crippen LogP contribution in [0, 0.1) is 0 Å². The predicted molar refractivity (Wildman–Crippen MR) is 98.8 cm³/mol. The number of esters is 1. The molecule has 4 rings (SSSR count). The molecular weight excluding hydrogens is 360 g/mol. The van der Waals surface area contributed by atoms with Gasteiger partial charge in [0.15, 0.2) is 5.78 Å². The number of ether oxygens (including phenoxy) is 2. The van der Waals surface area contributed by atoms with Gasteiger partial charge in [-0.1, -0.05) is 12.1 Å². The van der Waals surface area contributed by atoms with Crippen LogP contribution in [0.25, 0.3) is 0 Å². The first-order valence-corrected chi connectivity index (χ1v) is 8.65. The minimum Gasteiger partial charge on any atom is -0.507 e. The highest BCUT2D eigenvalue weighted by atomic mass is 16.5. The van der Waals surface area contributed by atoms with E-state index in [1.165, 1.54) is 19.1 Å². The van der Waals surface area contributed by atoms with Crippen LogP contribution in [0.4, 0.5) is 0 Å². The van der Waals surface area contributed by atoms with E-state index in [9.17, 15) is 14.7 Å². The van der Waals surface area contributed by atoms with Gasteiger partial charge in [-0.15, -0.1) is 0 Å². The Morgan fingerprint density at radius 2 is 1.96 bits per heavy atom. The summed E-state index contributed by atoms with van der Waals surface area (Å²) in [6.45, 7) is 1.37. The molecule has 0 saturated heterocycles. The molecule has 7 nitrogen and oxygen atoms in total. The van der Waals surface area contributed by atoms with Crippen molar-refractivity contribution in [2.24, 2.45) is 0 Å². The van der Waals surface area contributed by atoms with Crippen LogP contribution in [0.5, 0.6) is 23.3 Å². The summed E-state index contributed by atoms with van der Waals surface area (Å²) in [5.74, 6) is -0.580. The van der Waals surface area contributed by atoms with Crippen LogP contribution in [0.2, 0.25) is 0 Å². The molecule has 1 aromatic heterocycles. The number of ketones is 1. The molecular formula is C21H16N2O5. The number of aromatic nitrogens is 2. The average molecular weight is 376 g/mol. The molecule has 2 heterocycles. The van der Waals surface area contributed by atoms with E-state index in [1.54, 1.807) is 36.7 Å². The zero-order valence-electron chi connectivity index (χ0n) is 15.0. The maximum atomic E-state index is 12.1. The monoisotopic (exact) mass is 376 g/mol. The number of benzene rings is 2. The lowest BCUT2D eigenvalue weighted by Gasteiger charge is -2.26. The Morgan fingerprint density at radius 3 is 2.71 bits per heavy atom. The molecule has 1 atom stereocenters. The van der Waals surface area contributed by atoms with E-state index in [2.05, 4.69) is 9.97 Å². The number of hydrogen-bond donors (Lipinski definition) is 1. The largest absolute Gasteiger partial charge is 0.507 e. The Kier molecular flexibility index (Phi) is 4.49. The van der Waals surface area contributed by atoms with E-state index >= 15 is 0 Å². The van der Waals surface area contributed by atoms with E-state index in [1.807, 2.05) is 6.07 Å². The number of aromatic hydroxyl groups is 1. The van der Waals surface area contributed by atoms with E-state index in [-0.39, 0.29) is 35.3 Å². The summed E-state index contributed by atoms with van der Waals surface area (Å²) in [6.07, 6.45) is 3.18. The Bertz CT molecular complexity index is 1070. The van der Waals surface area contributed by atoms with Gasteiger partial charge in [0.05, 0.1) is 12.0 Å². The zero-order valence-corrected chi connectivity index (χ0v) is 15.0. The molecule has 0 amide bonds. The number of phenolic OH excluding ortho intramolecular Hbond substituents is 1. The van der Waals surface area contributed by atoms with Crippen molar-refractivity contribution in [1.29, 1.82) is 0 Å². The molecule has 0 saturated carbocycles. The highest BCUT2D eigenvalue weighted by molar-refractivity contribution is 5.98. The van der Waals surface area contributed by atoms with E-state index in [0.29, 0.717) is 11.3 Å². The first kappa shape index (κ1) is 17.7. The number of carbonyl (C=O) groups excluding carboxylic acids is 2.